The lowest BCUT2D eigenvalue weighted by molar-refractivity contribution is 0.104. The molecule has 0 saturated heterocycles. The predicted octanol–water partition coefficient (Wildman–Crippen LogP) is 7.99. The van der Waals surface area contributed by atoms with Crippen molar-refractivity contribution < 1.29 is 15.3 Å². The summed E-state index contributed by atoms with van der Waals surface area (Å²) in [4.78, 5) is 0. The lowest BCUT2D eigenvalue weighted by Gasteiger charge is -2.19. The normalized spacial score (nSPS) is 14.7. The number of rotatable bonds is 11. The second-order valence-corrected chi connectivity index (χ2v) is 9.67. The Bertz CT molecular complexity index is 862. The Kier molecular flexibility index (Phi) is 11.0. The summed E-state index contributed by atoms with van der Waals surface area (Å²) in [7, 11) is 0. The lowest BCUT2D eigenvalue weighted by Crippen LogP contribution is -2.20. The summed E-state index contributed by atoms with van der Waals surface area (Å²) in [5.41, 5.74) is 5.69. The highest BCUT2D eigenvalue weighted by Gasteiger charge is 2.18. The Labute approximate surface area is 195 Å². The molecule has 0 saturated carbocycles. The van der Waals surface area contributed by atoms with Crippen LogP contribution >= 0.6 is 0 Å². The third-order valence-corrected chi connectivity index (χ3v) is 6.16. The van der Waals surface area contributed by atoms with E-state index in [1.54, 1.807) is 39.8 Å². The molecule has 0 aliphatic rings. The molecule has 0 fully saturated rings. The van der Waals surface area contributed by atoms with Crippen molar-refractivity contribution in [1.29, 1.82) is 0 Å². The monoisotopic (exact) mass is 440 g/mol. The van der Waals surface area contributed by atoms with Gasteiger partial charge in [0.05, 0.1) is 5.60 Å². The number of aromatic hydroxyl groups is 2. The van der Waals surface area contributed by atoms with E-state index < -0.39 is 5.60 Å². The van der Waals surface area contributed by atoms with E-state index in [4.69, 9.17) is 0 Å². The number of hydrogen-bond donors (Lipinski definition) is 3. The quantitative estimate of drug-likeness (QED) is 0.241. The number of allylic oxidation sites excluding steroid dienone is 6. The van der Waals surface area contributed by atoms with Crippen LogP contribution < -0.4 is 0 Å². The smallest absolute Gasteiger partial charge is 0.126 e. The standard InChI is InChI=1S/C29H44O3/c1-20(2)12-9-13-21(3)14-10-15-22(4)16-11-18-29(8,32)19-17-26-25(7)27(30)23(5)24(6)28(26)31/h12,14,16-17,19,30-32H,9-11,13,15,18H2,1-8H3/b19-17?,21-14+,22-16+. The number of aliphatic hydroxyl groups is 1. The predicted molar refractivity (Wildman–Crippen MR) is 138 cm³/mol. The van der Waals surface area contributed by atoms with Crippen LogP contribution in [0.4, 0.5) is 0 Å². The molecule has 0 heterocycles. The summed E-state index contributed by atoms with van der Waals surface area (Å²) in [6, 6.07) is 0. The van der Waals surface area contributed by atoms with E-state index in [9.17, 15) is 15.3 Å². The Balaban J connectivity index is 2.63. The summed E-state index contributed by atoms with van der Waals surface area (Å²) in [6.07, 6.45) is 16.0. The van der Waals surface area contributed by atoms with Crippen LogP contribution in [0.15, 0.2) is 41.0 Å². The maximum Gasteiger partial charge on any atom is 0.126 e. The minimum Gasteiger partial charge on any atom is -0.507 e. The van der Waals surface area contributed by atoms with Crippen molar-refractivity contribution in [3.8, 4) is 11.5 Å². The summed E-state index contributed by atoms with van der Waals surface area (Å²) < 4.78 is 0. The SMILES string of the molecule is CC(C)=CCC/C(C)=C/CC/C(C)=C/CCC(C)(O)C=Cc1c(C)c(O)c(C)c(C)c1O. The molecule has 1 atom stereocenters. The van der Waals surface area contributed by atoms with Crippen LogP contribution in [0.2, 0.25) is 0 Å². The first-order chi connectivity index (χ1) is 14.9. The molecular weight excluding hydrogens is 396 g/mol. The Morgan fingerprint density at radius 2 is 1.25 bits per heavy atom. The number of phenols is 2. The molecule has 32 heavy (non-hydrogen) atoms. The summed E-state index contributed by atoms with van der Waals surface area (Å²) in [5.74, 6) is 0.351. The zero-order chi connectivity index (χ0) is 24.5. The summed E-state index contributed by atoms with van der Waals surface area (Å²) in [6.45, 7) is 15.8. The van der Waals surface area contributed by atoms with E-state index >= 15 is 0 Å². The maximum absolute atomic E-state index is 10.8. The largest absolute Gasteiger partial charge is 0.507 e. The Morgan fingerprint density at radius 1 is 0.750 bits per heavy atom. The van der Waals surface area contributed by atoms with E-state index in [1.807, 2.05) is 0 Å². The average molecular weight is 441 g/mol. The topological polar surface area (TPSA) is 60.7 Å². The van der Waals surface area contributed by atoms with Gasteiger partial charge in [-0.25, -0.2) is 0 Å². The van der Waals surface area contributed by atoms with Gasteiger partial charge in [0.2, 0.25) is 0 Å². The van der Waals surface area contributed by atoms with Gasteiger partial charge in [-0.3, -0.25) is 0 Å². The van der Waals surface area contributed by atoms with Crippen molar-refractivity contribution in [2.24, 2.45) is 0 Å². The van der Waals surface area contributed by atoms with Crippen LogP contribution in [0.5, 0.6) is 11.5 Å². The third kappa shape index (κ3) is 9.08. The molecule has 1 aromatic carbocycles. The van der Waals surface area contributed by atoms with Crippen molar-refractivity contribution >= 4 is 6.08 Å². The molecule has 3 N–H and O–H groups in total. The molecule has 0 aliphatic carbocycles. The van der Waals surface area contributed by atoms with Gasteiger partial charge >= 0.3 is 0 Å². The summed E-state index contributed by atoms with van der Waals surface area (Å²) >= 11 is 0. The zero-order valence-electron chi connectivity index (χ0n) is 21.5. The van der Waals surface area contributed by atoms with Gasteiger partial charge in [-0.2, -0.15) is 0 Å². The molecule has 3 nitrogen and oxygen atoms in total. The van der Waals surface area contributed by atoms with E-state index in [2.05, 4.69) is 45.9 Å². The van der Waals surface area contributed by atoms with Crippen LogP contribution in [0, 0.1) is 20.8 Å². The van der Waals surface area contributed by atoms with E-state index in [1.165, 1.54) is 16.7 Å². The fraction of sp³-hybridized carbons (Fsp3) is 0.517. The van der Waals surface area contributed by atoms with E-state index in [0.717, 1.165) is 32.1 Å². The van der Waals surface area contributed by atoms with Crippen LogP contribution in [0.1, 0.15) is 95.4 Å². The minimum atomic E-state index is -0.995. The van der Waals surface area contributed by atoms with Gasteiger partial charge in [-0.15, -0.1) is 0 Å². The second-order valence-electron chi connectivity index (χ2n) is 9.67. The molecule has 0 radical (unpaired) electrons. The van der Waals surface area contributed by atoms with Crippen molar-refractivity contribution in [2.45, 2.75) is 99.5 Å². The van der Waals surface area contributed by atoms with Gasteiger partial charge in [0.1, 0.15) is 11.5 Å². The van der Waals surface area contributed by atoms with Crippen molar-refractivity contribution in [2.75, 3.05) is 0 Å². The molecule has 0 amide bonds. The van der Waals surface area contributed by atoms with E-state index in [-0.39, 0.29) is 11.5 Å². The van der Waals surface area contributed by atoms with Crippen molar-refractivity contribution in [1.82, 2.24) is 0 Å². The first kappa shape index (κ1) is 27.8. The Hall–Kier alpha value is -2.26. The highest BCUT2D eigenvalue weighted by molar-refractivity contribution is 5.69. The average Bonchev–Trinajstić information content (AvgIpc) is 2.70. The van der Waals surface area contributed by atoms with Crippen molar-refractivity contribution in [3.63, 3.8) is 0 Å². The number of hydrogen-bond acceptors (Lipinski definition) is 3. The molecule has 0 bridgehead atoms. The van der Waals surface area contributed by atoms with Crippen molar-refractivity contribution in [3.05, 3.63) is 63.3 Å². The molecular formula is C29H44O3. The molecule has 1 rings (SSSR count). The molecule has 0 aromatic heterocycles. The lowest BCUT2D eigenvalue weighted by atomic mass is 9.93. The first-order valence-electron chi connectivity index (χ1n) is 11.7. The maximum atomic E-state index is 10.8. The minimum absolute atomic E-state index is 0.157. The molecule has 0 aliphatic heterocycles. The zero-order valence-corrected chi connectivity index (χ0v) is 21.5. The van der Waals surface area contributed by atoms with E-state index in [0.29, 0.717) is 28.7 Å². The van der Waals surface area contributed by atoms with Crippen LogP contribution in [-0.4, -0.2) is 20.9 Å². The van der Waals surface area contributed by atoms with Gasteiger partial charge in [-0.05, 0) is 105 Å². The fourth-order valence-corrected chi connectivity index (χ4v) is 3.64. The van der Waals surface area contributed by atoms with Crippen LogP contribution in [0.25, 0.3) is 6.08 Å². The summed E-state index contributed by atoms with van der Waals surface area (Å²) in [5, 5.41) is 31.5. The second kappa shape index (κ2) is 12.7. The highest BCUT2D eigenvalue weighted by Crippen LogP contribution is 2.37. The molecule has 1 aromatic rings. The molecule has 1 unspecified atom stereocenters. The van der Waals surface area contributed by atoms with Crippen LogP contribution in [-0.2, 0) is 0 Å². The van der Waals surface area contributed by atoms with Crippen LogP contribution in [0.3, 0.4) is 0 Å². The van der Waals surface area contributed by atoms with Gasteiger partial charge < -0.3 is 15.3 Å². The number of phenolic OH excluding ortho intramolecular Hbond substituents is 2. The van der Waals surface area contributed by atoms with Gasteiger partial charge in [-0.1, -0.05) is 47.1 Å². The fourth-order valence-electron chi connectivity index (χ4n) is 3.64. The molecule has 178 valence electrons. The van der Waals surface area contributed by atoms with Gasteiger partial charge in [0, 0.05) is 11.1 Å². The third-order valence-electron chi connectivity index (χ3n) is 6.16. The first-order valence-corrected chi connectivity index (χ1v) is 11.7. The molecule has 3 heteroatoms. The van der Waals surface area contributed by atoms with Gasteiger partial charge in [0.15, 0.2) is 0 Å². The number of benzene rings is 1. The van der Waals surface area contributed by atoms with Gasteiger partial charge in [0.25, 0.3) is 0 Å². The molecule has 0 spiro atoms. The highest BCUT2D eigenvalue weighted by atomic mass is 16.3. The Morgan fingerprint density at radius 3 is 1.81 bits per heavy atom.